The third-order valence-electron chi connectivity index (χ3n) is 8.15. The van der Waals surface area contributed by atoms with Gasteiger partial charge in [-0.15, -0.1) is 0 Å². The molecule has 1 unspecified atom stereocenters. The predicted molar refractivity (Wildman–Crippen MR) is 132 cm³/mol. The molecule has 33 heavy (non-hydrogen) atoms. The minimum atomic E-state index is 0.147. The van der Waals surface area contributed by atoms with Crippen LogP contribution in [0.15, 0.2) is 30.3 Å². The van der Waals surface area contributed by atoms with Crippen molar-refractivity contribution in [3.63, 3.8) is 0 Å². The molecule has 2 aliphatic heterocycles. The molecule has 0 spiro atoms. The number of likely N-dealkylation sites (tertiary alicyclic amines) is 1. The summed E-state index contributed by atoms with van der Waals surface area (Å²) in [5.74, 6) is 0.939. The molecule has 5 rings (SSSR count). The number of hydrogen-bond donors (Lipinski definition) is 0. The Morgan fingerprint density at radius 2 is 1.73 bits per heavy atom. The average Bonchev–Trinajstić information content (AvgIpc) is 3.23. The lowest BCUT2D eigenvalue weighted by molar-refractivity contribution is 0.0655. The number of carbonyl (C=O) groups is 1. The van der Waals surface area contributed by atoms with E-state index in [1.54, 1.807) is 0 Å². The SMILES string of the molecule is CCn1nc(C(=O)N2CCN(C)CC2)c2c1CCC(N1CCC(Cc3ccccc3)CC1)C2. The van der Waals surface area contributed by atoms with E-state index in [0.29, 0.717) is 6.04 Å². The van der Waals surface area contributed by atoms with Gasteiger partial charge in [0.2, 0.25) is 0 Å². The number of aryl methyl sites for hydroxylation is 1. The molecule has 3 heterocycles. The number of amides is 1. The van der Waals surface area contributed by atoms with E-state index in [4.69, 9.17) is 5.10 Å². The minimum Gasteiger partial charge on any atom is -0.335 e. The molecule has 1 aromatic heterocycles. The largest absolute Gasteiger partial charge is 0.335 e. The minimum absolute atomic E-state index is 0.147. The smallest absolute Gasteiger partial charge is 0.274 e. The number of hydrogen-bond acceptors (Lipinski definition) is 4. The van der Waals surface area contributed by atoms with Crippen LogP contribution in [0.3, 0.4) is 0 Å². The van der Waals surface area contributed by atoms with E-state index >= 15 is 0 Å². The van der Waals surface area contributed by atoms with Gasteiger partial charge in [-0.05, 0) is 77.1 Å². The number of rotatable bonds is 5. The molecule has 2 saturated heterocycles. The van der Waals surface area contributed by atoms with Crippen molar-refractivity contribution in [1.29, 1.82) is 0 Å². The van der Waals surface area contributed by atoms with Gasteiger partial charge in [0.25, 0.3) is 5.91 Å². The third kappa shape index (κ3) is 4.87. The summed E-state index contributed by atoms with van der Waals surface area (Å²) in [5, 5.41) is 4.84. The maximum Gasteiger partial charge on any atom is 0.274 e. The molecule has 3 aliphatic rings. The van der Waals surface area contributed by atoms with Crippen LogP contribution in [0, 0.1) is 5.92 Å². The zero-order valence-electron chi connectivity index (χ0n) is 20.4. The van der Waals surface area contributed by atoms with Gasteiger partial charge in [0.1, 0.15) is 0 Å². The molecular weight excluding hydrogens is 410 g/mol. The Balaban J connectivity index is 1.25. The summed E-state index contributed by atoms with van der Waals surface area (Å²) < 4.78 is 2.10. The van der Waals surface area contributed by atoms with Crippen LogP contribution in [0.4, 0.5) is 0 Å². The number of piperazine rings is 1. The van der Waals surface area contributed by atoms with Gasteiger partial charge >= 0.3 is 0 Å². The van der Waals surface area contributed by atoms with Crippen LogP contribution in [-0.4, -0.2) is 82.7 Å². The van der Waals surface area contributed by atoms with Gasteiger partial charge in [-0.2, -0.15) is 5.10 Å². The quantitative estimate of drug-likeness (QED) is 0.704. The summed E-state index contributed by atoms with van der Waals surface area (Å²) >= 11 is 0. The second kappa shape index (κ2) is 9.98. The first kappa shape index (κ1) is 22.6. The molecule has 0 N–H and O–H groups in total. The van der Waals surface area contributed by atoms with Crippen molar-refractivity contribution in [2.45, 2.75) is 58.0 Å². The highest BCUT2D eigenvalue weighted by Gasteiger charge is 2.34. The number of nitrogens with zero attached hydrogens (tertiary/aromatic N) is 5. The van der Waals surface area contributed by atoms with Crippen molar-refractivity contribution in [2.75, 3.05) is 46.3 Å². The maximum absolute atomic E-state index is 13.4. The molecule has 1 atom stereocenters. The summed E-state index contributed by atoms with van der Waals surface area (Å²) in [4.78, 5) is 20.4. The van der Waals surface area contributed by atoms with E-state index in [-0.39, 0.29) is 5.91 Å². The Labute approximate surface area is 198 Å². The predicted octanol–water partition coefficient (Wildman–Crippen LogP) is 3.10. The van der Waals surface area contributed by atoms with Crippen LogP contribution in [0.2, 0.25) is 0 Å². The average molecular weight is 450 g/mol. The van der Waals surface area contributed by atoms with Crippen molar-refractivity contribution >= 4 is 5.91 Å². The molecule has 2 fully saturated rings. The van der Waals surface area contributed by atoms with Gasteiger partial charge in [0.15, 0.2) is 5.69 Å². The van der Waals surface area contributed by atoms with Crippen molar-refractivity contribution in [3.8, 4) is 0 Å². The Hall–Kier alpha value is -2.18. The second-order valence-electron chi connectivity index (χ2n) is 10.3. The van der Waals surface area contributed by atoms with Crippen LogP contribution in [0.25, 0.3) is 0 Å². The van der Waals surface area contributed by atoms with E-state index in [1.807, 2.05) is 4.90 Å². The van der Waals surface area contributed by atoms with E-state index in [1.165, 1.54) is 55.6 Å². The molecule has 2 aromatic rings. The summed E-state index contributed by atoms with van der Waals surface area (Å²) in [6.45, 7) is 8.85. The molecule has 1 aromatic carbocycles. The van der Waals surface area contributed by atoms with Gasteiger partial charge in [0, 0.05) is 50.0 Å². The molecule has 0 saturated carbocycles. The van der Waals surface area contributed by atoms with E-state index < -0.39 is 0 Å². The lowest BCUT2D eigenvalue weighted by Gasteiger charge is -2.39. The van der Waals surface area contributed by atoms with Crippen LogP contribution in [-0.2, 0) is 25.8 Å². The van der Waals surface area contributed by atoms with Crippen LogP contribution >= 0.6 is 0 Å². The molecule has 6 nitrogen and oxygen atoms in total. The van der Waals surface area contributed by atoms with Crippen LogP contribution in [0.5, 0.6) is 0 Å². The molecule has 0 bridgehead atoms. The van der Waals surface area contributed by atoms with Crippen molar-refractivity contribution in [3.05, 3.63) is 52.8 Å². The molecule has 1 aliphatic carbocycles. The van der Waals surface area contributed by atoms with Crippen LogP contribution < -0.4 is 0 Å². The molecule has 178 valence electrons. The number of benzene rings is 1. The Morgan fingerprint density at radius 1 is 1.00 bits per heavy atom. The normalized spacial score (nSPS) is 23.0. The van der Waals surface area contributed by atoms with Crippen LogP contribution in [0.1, 0.15) is 53.5 Å². The Kier molecular flexibility index (Phi) is 6.84. The molecule has 1 amide bonds. The molecule has 0 radical (unpaired) electrons. The van der Waals surface area contributed by atoms with Gasteiger partial charge in [0.05, 0.1) is 0 Å². The third-order valence-corrected chi connectivity index (χ3v) is 8.15. The van der Waals surface area contributed by atoms with Gasteiger partial charge in [-0.25, -0.2) is 0 Å². The zero-order valence-corrected chi connectivity index (χ0v) is 20.4. The lowest BCUT2D eigenvalue weighted by Crippen LogP contribution is -2.48. The van der Waals surface area contributed by atoms with E-state index in [0.717, 1.165) is 57.2 Å². The Morgan fingerprint density at radius 3 is 2.42 bits per heavy atom. The lowest BCUT2D eigenvalue weighted by atomic mass is 9.86. The van der Waals surface area contributed by atoms with Gasteiger partial charge in [-0.1, -0.05) is 30.3 Å². The summed E-state index contributed by atoms with van der Waals surface area (Å²) in [6, 6.07) is 11.5. The van der Waals surface area contributed by atoms with E-state index in [9.17, 15) is 4.79 Å². The van der Waals surface area contributed by atoms with Crippen molar-refractivity contribution in [1.82, 2.24) is 24.5 Å². The number of fused-ring (bicyclic) bond motifs is 1. The topological polar surface area (TPSA) is 44.6 Å². The van der Waals surface area contributed by atoms with Gasteiger partial charge < -0.3 is 14.7 Å². The fourth-order valence-electron chi connectivity index (χ4n) is 6.04. The van der Waals surface area contributed by atoms with Crippen molar-refractivity contribution < 1.29 is 4.79 Å². The first-order valence-corrected chi connectivity index (χ1v) is 13.0. The standard InChI is InChI=1S/C27H39N5O/c1-3-32-25-10-9-23(30-13-11-22(12-14-30)19-21-7-5-4-6-8-21)20-24(25)26(28-32)27(33)31-17-15-29(2)16-18-31/h4-8,22-23H,3,9-20H2,1-2H3. The van der Waals surface area contributed by atoms with E-state index in [2.05, 4.69) is 58.8 Å². The summed E-state index contributed by atoms with van der Waals surface area (Å²) in [5.41, 5.74) is 4.76. The highest BCUT2D eigenvalue weighted by Crippen LogP contribution is 2.31. The number of likely N-dealkylation sites (N-methyl/N-ethyl adjacent to an activating group) is 1. The highest BCUT2D eigenvalue weighted by molar-refractivity contribution is 5.94. The zero-order chi connectivity index (χ0) is 22.8. The van der Waals surface area contributed by atoms with Gasteiger partial charge in [-0.3, -0.25) is 9.48 Å². The summed E-state index contributed by atoms with van der Waals surface area (Å²) in [7, 11) is 2.13. The number of carbonyl (C=O) groups excluding carboxylic acids is 1. The fourth-order valence-corrected chi connectivity index (χ4v) is 6.04. The first-order valence-electron chi connectivity index (χ1n) is 13.0. The maximum atomic E-state index is 13.4. The second-order valence-corrected chi connectivity index (χ2v) is 10.3. The number of piperidine rings is 1. The monoisotopic (exact) mass is 449 g/mol. The molecule has 6 heteroatoms. The Bertz CT molecular complexity index is 939. The highest BCUT2D eigenvalue weighted by atomic mass is 16.2. The number of aromatic nitrogens is 2. The molecular formula is C27H39N5O. The van der Waals surface area contributed by atoms with Crippen molar-refractivity contribution in [2.24, 2.45) is 5.92 Å². The first-order chi connectivity index (χ1) is 16.1. The fraction of sp³-hybridized carbons (Fsp3) is 0.630. The summed E-state index contributed by atoms with van der Waals surface area (Å²) in [6.07, 6.45) is 6.97.